The third-order valence-corrected chi connectivity index (χ3v) is 6.48. The van der Waals surface area contributed by atoms with Crippen molar-refractivity contribution in [2.45, 2.75) is 50.7 Å². The van der Waals surface area contributed by atoms with Crippen LogP contribution in [0.25, 0.3) is 10.9 Å². The first-order valence-electron chi connectivity index (χ1n) is 12.0. The second-order valence-electron chi connectivity index (χ2n) is 9.18. The van der Waals surface area contributed by atoms with Crippen molar-refractivity contribution in [1.29, 1.82) is 5.41 Å². The lowest BCUT2D eigenvalue weighted by Crippen LogP contribution is -2.41. The zero-order valence-electron chi connectivity index (χ0n) is 19.7. The number of amidine groups is 1. The summed E-state index contributed by atoms with van der Waals surface area (Å²) in [6.07, 6.45) is 3.78. The number of amides is 2. The van der Waals surface area contributed by atoms with E-state index in [9.17, 15) is 9.59 Å². The minimum absolute atomic E-state index is 0.0335. The first-order chi connectivity index (χ1) is 16.8. The number of rotatable bonds is 8. The number of anilines is 1. The Morgan fingerprint density at radius 2 is 1.83 bits per heavy atom. The van der Waals surface area contributed by atoms with Crippen molar-refractivity contribution in [1.82, 2.24) is 9.88 Å². The van der Waals surface area contributed by atoms with E-state index >= 15 is 0 Å². The average Bonchev–Trinajstić information content (AvgIpc) is 3.18. The Bertz CT molecular complexity index is 1240. The number of fused-ring (bicyclic) bond motifs is 1. The molecular weight excluding hydrogens is 442 g/mol. The van der Waals surface area contributed by atoms with Crippen LogP contribution >= 0.6 is 0 Å². The summed E-state index contributed by atoms with van der Waals surface area (Å²) in [5.41, 5.74) is 20.8. The fourth-order valence-corrected chi connectivity index (χ4v) is 4.59. The minimum Gasteiger partial charge on any atom is -0.384 e. The minimum atomic E-state index is -0.144. The average molecular weight is 476 g/mol. The monoisotopic (exact) mass is 475 g/mol. The third-order valence-electron chi connectivity index (χ3n) is 6.48. The number of nitrogens with one attached hydrogen (secondary N) is 3. The second kappa shape index (κ2) is 10.7. The Kier molecular flexibility index (Phi) is 7.48. The molecule has 1 aromatic heterocycles. The molecule has 1 aliphatic carbocycles. The highest BCUT2D eigenvalue weighted by Crippen LogP contribution is 2.25. The molecule has 1 fully saturated rings. The van der Waals surface area contributed by atoms with Crippen molar-refractivity contribution in [3.8, 4) is 0 Å². The van der Waals surface area contributed by atoms with E-state index in [0.29, 0.717) is 23.5 Å². The molecule has 35 heavy (non-hydrogen) atoms. The Morgan fingerprint density at radius 1 is 1.06 bits per heavy atom. The zero-order chi connectivity index (χ0) is 24.9. The van der Waals surface area contributed by atoms with Crippen LogP contribution in [-0.2, 0) is 11.3 Å². The van der Waals surface area contributed by atoms with E-state index < -0.39 is 0 Å². The quantitative estimate of drug-likeness (QED) is 0.217. The highest BCUT2D eigenvalue weighted by Gasteiger charge is 2.23. The van der Waals surface area contributed by atoms with Gasteiger partial charge in [-0.05, 0) is 55.5 Å². The molecule has 0 bridgehead atoms. The first-order valence-corrected chi connectivity index (χ1v) is 12.0. The maximum absolute atomic E-state index is 13.4. The van der Waals surface area contributed by atoms with E-state index in [1.807, 2.05) is 47.0 Å². The van der Waals surface area contributed by atoms with Crippen LogP contribution in [0.3, 0.4) is 0 Å². The van der Waals surface area contributed by atoms with Gasteiger partial charge in [-0.2, -0.15) is 0 Å². The lowest BCUT2D eigenvalue weighted by molar-refractivity contribution is -0.116. The van der Waals surface area contributed by atoms with Gasteiger partial charge < -0.3 is 32.4 Å². The second-order valence-corrected chi connectivity index (χ2v) is 9.18. The highest BCUT2D eigenvalue weighted by molar-refractivity contribution is 6.02. The summed E-state index contributed by atoms with van der Waals surface area (Å²) in [4.78, 5) is 25.4. The van der Waals surface area contributed by atoms with Gasteiger partial charge in [0.1, 0.15) is 11.5 Å². The molecule has 0 radical (unpaired) electrons. The lowest BCUT2D eigenvalue weighted by atomic mass is 9.92. The summed E-state index contributed by atoms with van der Waals surface area (Å²) in [7, 11) is 0. The lowest BCUT2D eigenvalue weighted by Gasteiger charge is -2.27. The molecule has 4 rings (SSSR count). The molecule has 0 spiro atoms. The fourth-order valence-electron chi connectivity index (χ4n) is 4.59. The number of aromatic nitrogens is 1. The van der Waals surface area contributed by atoms with Crippen LogP contribution in [0.2, 0.25) is 0 Å². The molecule has 1 aliphatic rings. The van der Waals surface area contributed by atoms with Crippen LogP contribution < -0.4 is 27.8 Å². The molecule has 0 saturated heterocycles. The molecule has 184 valence electrons. The van der Waals surface area contributed by atoms with Gasteiger partial charge in [-0.15, -0.1) is 0 Å². The SMILES string of the molecule is N=C(N)c1ccc2cc(C(=O)N[C@H]3CC[C@H](N)CC3)n(Cc3cccc(NC(=O)CCN)c3)c2c1. The van der Waals surface area contributed by atoms with Crippen molar-refractivity contribution in [2.75, 3.05) is 11.9 Å². The highest BCUT2D eigenvalue weighted by atomic mass is 16.2. The van der Waals surface area contributed by atoms with E-state index in [1.165, 1.54) is 0 Å². The van der Waals surface area contributed by atoms with E-state index in [0.717, 1.165) is 42.1 Å². The van der Waals surface area contributed by atoms with Crippen molar-refractivity contribution in [2.24, 2.45) is 17.2 Å². The number of hydrogen-bond acceptors (Lipinski definition) is 5. The molecule has 2 amide bonds. The Labute approximate surface area is 204 Å². The van der Waals surface area contributed by atoms with E-state index in [2.05, 4.69) is 10.6 Å². The van der Waals surface area contributed by atoms with Crippen LogP contribution in [0.5, 0.6) is 0 Å². The predicted octanol–water partition coefficient (Wildman–Crippen LogP) is 2.26. The summed E-state index contributed by atoms with van der Waals surface area (Å²) in [6, 6.07) is 15.2. The number of carbonyl (C=O) groups excluding carboxylic acids is 2. The number of hydrogen-bond donors (Lipinski definition) is 6. The van der Waals surface area contributed by atoms with Crippen molar-refractivity contribution in [3.05, 3.63) is 65.4 Å². The first kappa shape index (κ1) is 24.4. The molecule has 3 aromatic rings. The van der Waals surface area contributed by atoms with E-state index in [4.69, 9.17) is 22.6 Å². The van der Waals surface area contributed by atoms with Gasteiger partial charge in [0.25, 0.3) is 5.91 Å². The van der Waals surface area contributed by atoms with Gasteiger partial charge in [0.2, 0.25) is 5.91 Å². The van der Waals surface area contributed by atoms with Gasteiger partial charge in [-0.3, -0.25) is 15.0 Å². The predicted molar refractivity (Wildman–Crippen MR) is 138 cm³/mol. The van der Waals surface area contributed by atoms with Crippen LogP contribution in [0.15, 0.2) is 48.5 Å². The van der Waals surface area contributed by atoms with Crippen LogP contribution in [0, 0.1) is 5.41 Å². The summed E-state index contributed by atoms with van der Waals surface area (Å²) in [5, 5.41) is 14.8. The molecule has 9 heteroatoms. The Morgan fingerprint density at radius 3 is 2.54 bits per heavy atom. The molecule has 0 unspecified atom stereocenters. The molecule has 1 saturated carbocycles. The van der Waals surface area contributed by atoms with Crippen molar-refractivity contribution >= 4 is 34.2 Å². The molecule has 0 atom stereocenters. The van der Waals surface area contributed by atoms with Crippen LogP contribution in [0.4, 0.5) is 5.69 Å². The van der Waals surface area contributed by atoms with E-state index in [1.54, 1.807) is 6.07 Å². The van der Waals surface area contributed by atoms with Gasteiger partial charge in [-0.25, -0.2) is 0 Å². The molecule has 0 aliphatic heterocycles. The van der Waals surface area contributed by atoms with Gasteiger partial charge in [0.05, 0.1) is 0 Å². The molecular formula is C26H33N7O2. The maximum atomic E-state index is 13.4. The molecule has 9 nitrogen and oxygen atoms in total. The van der Waals surface area contributed by atoms with Crippen molar-refractivity contribution < 1.29 is 9.59 Å². The standard InChI is InChI=1S/C26H33N7O2/c27-11-10-24(34)31-21-3-1-2-16(12-21)15-33-22-14-18(25(29)30)5-4-17(22)13-23(33)26(35)32-20-8-6-19(28)7-9-20/h1-5,12-14,19-20H,6-11,15,27-28H2,(H3,29,30)(H,31,34)(H,32,35)/t19-,20-. The summed E-state index contributed by atoms with van der Waals surface area (Å²) in [5.74, 6) is -0.318. The number of carbonyl (C=O) groups is 2. The van der Waals surface area contributed by atoms with Gasteiger partial charge >= 0.3 is 0 Å². The number of nitrogens with zero attached hydrogens (tertiary/aromatic N) is 1. The largest absolute Gasteiger partial charge is 0.384 e. The zero-order valence-corrected chi connectivity index (χ0v) is 19.7. The summed E-state index contributed by atoms with van der Waals surface area (Å²) < 4.78 is 1.94. The molecule has 1 heterocycles. The Hall–Kier alpha value is -3.69. The number of nitrogen functional groups attached to an aromatic ring is 1. The fraction of sp³-hybridized carbons (Fsp3) is 0.346. The summed E-state index contributed by atoms with van der Waals surface area (Å²) in [6.45, 7) is 0.689. The van der Waals surface area contributed by atoms with E-state index in [-0.39, 0.29) is 42.7 Å². The number of benzene rings is 2. The maximum Gasteiger partial charge on any atom is 0.268 e. The van der Waals surface area contributed by atoms with Gasteiger partial charge in [-0.1, -0.05) is 24.3 Å². The normalized spacial score (nSPS) is 17.8. The summed E-state index contributed by atoms with van der Waals surface area (Å²) >= 11 is 0. The smallest absolute Gasteiger partial charge is 0.268 e. The van der Waals surface area contributed by atoms with Gasteiger partial charge in [0, 0.05) is 53.7 Å². The Balaban J connectivity index is 1.66. The molecule has 9 N–H and O–H groups in total. The van der Waals surface area contributed by atoms with Crippen molar-refractivity contribution in [3.63, 3.8) is 0 Å². The topological polar surface area (TPSA) is 165 Å². The van der Waals surface area contributed by atoms with Crippen LogP contribution in [0.1, 0.15) is 53.7 Å². The molecule has 2 aromatic carbocycles. The third kappa shape index (κ3) is 5.87. The van der Waals surface area contributed by atoms with Crippen LogP contribution in [-0.4, -0.2) is 40.8 Å². The van der Waals surface area contributed by atoms with Gasteiger partial charge in [0.15, 0.2) is 0 Å². The number of nitrogens with two attached hydrogens (primary N) is 3.